The third-order valence-corrected chi connectivity index (χ3v) is 4.32. The fraction of sp³-hybridized carbons (Fsp3) is 0.235. The molecular formula is C17H17N5O2. The van der Waals surface area contributed by atoms with Crippen LogP contribution >= 0.6 is 0 Å². The number of aryl methyl sites for hydroxylation is 1. The van der Waals surface area contributed by atoms with Crippen molar-refractivity contribution in [2.75, 3.05) is 12.8 Å². The first-order valence-electron chi connectivity index (χ1n) is 7.62. The van der Waals surface area contributed by atoms with E-state index in [1.54, 1.807) is 7.11 Å². The van der Waals surface area contributed by atoms with Gasteiger partial charge in [0.15, 0.2) is 5.82 Å². The molecule has 7 heteroatoms. The number of methoxy groups -OCH3 is 1. The Balaban J connectivity index is 2.10. The Morgan fingerprint density at radius 1 is 1.25 bits per heavy atom. The van der Waals surface area contributed by atoms with E-state index in [4.69, 9.17) is 15.0 Å². The van der Waals surface area contributed by atoms with E-state index >= 15 is 0 Å². The van der Waals surface area contributed by atoms with E-state index in [2.05, 4.69) is 25.8 Å². The van der Waals surface area contributed by atoms with Gasteiger partial charge in [-0.3, -0.25) is 4.98 Å². The van der Waals surface area contributed by atoms with E-state index in [-0.39, 0.29) is 12.1 Å². The second-order valence-corrected chi connectivity index (χ2v) is 5.71. The molecule has 0 aliphatic rings. The van der Waals surface area contributed by atoms with Gasteiger partial charge < -0.3 is 19.6 Å². The van der Waals surface area contributed by atoms with Crippen molar-refractivity contribution in [3.05, 3.63) is 42.0 Å². The Morgan fingerprint density at radius 3 is 2.79 bits per heavy atom. The molecule has 0 amide bonds. The summed E-state index contributed by atoms with van der Waals surface area (Å²) in [6.45, 7) is 4.00. The largest absolute Gasteiger partial charge is 0.497 e. The molecule has 1 aromatic carbocycles. The van der Waals surface area contributed by atoms with Crippen molar-refractivity contribution in [1.82, 2.24) is 19.7 Å². The van der Waals surface area contributed by atoms with Crippen LogP contribution in [-0.2, 0) is 0 Å². The second kappa shape index (κ2) is 5.23. The molecule has 122 valence electrons. The third kappa shape index (κ3) is 2.01. The highest BCUT2D eigenvalue weighted by Gasteiger charge is 2.22. The summed E-state index contributed by atoms with van der Waals surface area (Å²) in [6.07, 6.45) is 1.82. The molecule has 0 saturated carbocycles. The predicted molar refractivity (Wildman–Crippen MR) is 91.1 cm³/mol. The maximum Gasteiger partial charge on any atom is 0.318 e. The van der Waals surface area contributed by atoms with E-state index < -0.39 is 0 Å². The lowest BCUT2D eigenvalue weighted by atomic mass is 10.1. The van der Waals surface area contributed by atoms with Gasteiger partial charge in [-0.15, -0.1) is 0 Å². The lowest BCUT2D eigenvalue weighted by Gasteiger charge is -2.14. The molecule has 24 heavy (non-hydrogen) atoms. The Bertz CT molecular complexity index is 1050. The zero-order valence-corrected chi connectivity index (χ0v) is 13.6. The van der Waals surface area contributed by atoms with Crippen molar-refractivity contribution < 1.29 is 9.26 Å². The van der Waals surface area contributed by atoms with Crippen LogP contribution in [0.25, 0.3) is 21.8 Å². The fourth-order valence-electron chi connectivity index (χ4n) is 3.20. The zero-order valence-electron chi connectivity index (χ0n) is 13.6. The molecule has 1 unspecified atom stereocenters. The van der Waals surface area contributed by atoms with Gasteiger partial charge in [0.25, 0.3) is 0 Å². The maximum absolute atomic E-state index is 5.59. The minimum atomic E-state index is -0.166. The van der Waals surface area contributed by atoms with Crippen LogP contribution in [-0.4, -0.2) is 26.8 Å². The summed E-state index contributed by atoms with van der Waals surface area (Å²) in [5, 5.41) is 6.23. The van der Waals surface area contributed by atoms with Crippen molar-refractivity contribution in [1.29, 1.82) is 0 Å². The van der Waals surface area contributed by atoms with Crippen LogP contribution < -0.4 is 10.5 Å². The summed E-state index contributed by atoms with van der Waals surface area (Å²) < 4.78 is 12.5. The van der Waals surface area contributed by atoms with Crippen LogP contribution in [0.1, 0.15) is 24.5 Å². The molecule has 0 fully saturated rings. The molecule has 4 aromatic rings. The van der Waals surface area contributed by atoms with Crippen LogP contribution in [0.2, 0.25) is 0 Å². The number of hydrogen-bond donors (Lipinski definition) is 1. The molecule has 0 radical (unpaired) electrons. The number of ether oxygens (including phenoxy) is 1. The Labute approximate surface area is 138 Å². The average Bonchev–Trinajstić information content (AvgIpc) is 3.16. The maximum atomic E-state index is 5.59. The summed E-state index contributed by atoms with van der Waals surface area (Å²) in [6, 6.07) is 7.94. The molecule has 0 aliphatic heterocycles. The van der Waals surface area contributed by atoms with E-state index in [0.717, 1.165) is 33.2 Å². The molecule has 0 spiro atoms. The molecule has 4 rings (SSSR count). The van der Waals surface area contributed by atoms with Crippen LogP contribution in [0.3, 0.4) is 0 Å². The first kappa shape index (κ1) is 14.5. The predicted octanol–water partition coefficient (Wildman–Crippen LogP) is 3.08. The molecule has 0 aliphatic carbocycles. The first-order chi connectivity index (χ1) is 11.6. The number of rotatable bonds is 3. The summed E-state index contributed by atoms with van der Waals surface area (Å²) in [5.41, 5.74) is 8.59. The fourth-order valence-corrected chi connectivity index (χ4v) is 3.20. The van der Waals surface area contributed by atoms with Crippen molar-refractivity contribution in [3.63, 3.8) is 0 Å². The number of fused-ring (bicyclic) bond motifs is 3. The zero-order chi connectivity index (χ0) is 16.8. The van der Waals surface area contributed by atoms with Gasteiger partial charge in [0.1, 0.15) is 5.75 Å². The van der Waals surface area contributed by atoms with Gasteiger partial charge in [-0.2, -0.15) is 4.98 Å². The normalized spacial score (nSPS) is 12.8. The van der Waals surface area contributed by atoms with E-state index in [0.29, 0.717) is 5.82 Å². The summed E-state index contributed by atoms with van der Waals surface area (Å²) in [5.74, 6) is 1.31. The van der Waals surface area contributed by atoms with Gasteiger partial charge in [-0.05, 0) is 32.0 Å². The van der Waals surface area contributed by atoms with Gasteiger partial charge >= 0.3 is 6.01 Å². The number of pyridine rings is 1. The summed E-state index contributed by atoms with van der Waals surface area (Å²) >= 11 is 0. The minimum absolute atomic E-state index is 0.0602. The monoisotopic (exact) mass is 323 g/mol. The number of nitrogen functional groups attached to an aromatic ring is 1. The van der Waals surface area contributed by atoms with Crippen molar-refractivity contribution >= 4 is 27.8 Å². The topological polar surface area (TPSA) is 92.0 Å². The SMILES string of the molecule is COc1ccc2c3ccnc(C)c3n(C(C)c3noc(N)n3)c2c1. The molecule has 0 bridgehead atoms. The summed E-state index contributed by atoms with van der Waals surface area (Å²) in [4.78, 5) is 8.63. The van der Waals surface area contributed by atoms with E-state index in [1.165, 1.54) is 0 Å². The van der Waals surface area contributed by atoms with Crippen LogP contribution in [0.4, 0.5) is 6.01 Å². The van der Waals surface area contributed by atoms with Gasteiger partial charge in [-0.25, -0.2) is 0 Å². The number of nitrogens with zero attached hydrogens (tertiary/aromatic N) is 4. The average molecular weight is 323 g/mol. The molecule has 1 atom stereocenters. The van der Waals surface area contributed by atoms with Crippen LogP contribution in [0.15, 0.2) is 35.0 Å². The van der Waals surface area contributed by atoms with Crippen molar-refractivity contribution in [2.45, 2.75) is 19.9 Å². The minimum Gasteiger partial charge on any atom is -0.497 e. The lowest BCUT2D eigenvalue weighted by Crippen LogP contribution is -2.09. The van der Waals surface area contributed by atoms with Gasteiger partial charge in [0.2, 0.25) is 0 Å². The van der Waals surface area contributed by atoms with Gasteiger partial charge in [0.05, 0.1) is 29.9 Å². The Hall–Kier alpha value is -3.09. The molecular weight excluding hydrogens is 306 g/mol. The highest BCUT2D eigenvalue weighted by molar-refractivity contribution is 6.09. The van der Waals surface area contributed by atoms with E-state index in [9.17, 15) is 0 Å². The Kier molecular flexibility index (Phi) is 3.16. The van der Waals surface area contributed by atoms with Crippen molar-refractivity contribution in [3.8, 4) is 5.75 Å². The van der Waals surface area contributed by atoms with Gasteiger partial charge in [0, 0.05) is 23.0 Å². The highest BCUT2D eigenvalue weighted by Crippen LogP contribution is 2.36. The quantitative estimate of drug-likeness (QED) is 0.623. The lowest BCUT2D eigenvalue weighted by molar-refractivity contribution is 0.414. The standard InChI is InChI=1S/C17H17N5O2/c1-9-15-13(6-7-19-9)12-5-4-11(23-3)8-14(12)22(15)10(2)16-20-17(18)24-21-16/h4-8,10H,1-3H3,(H2,18,20,21). The molecule has 2 N–H and O–H groups in total. The number of aromatic nitrogens is 4. The summed E-state index contributed by atoms with van der Waals surface area (Å²) in [7, 11) is 1.66. The van der Waals surface area contributed by atoms with Crippen molar-refractivity contribution in [2.24, 2.45) is 0 Å². The van der Waals surface area contributed by atoms with Crippen LogP contribution in [0.5, 0.6) is 5.75 Å². The third-order valence-electron chi connectivity index (χ3n) is 4.32. The number of anilines is 1. The van der Waals surface area contributed by atoms with E-state index in [1.807, 2.05) is 38.2 Å². The molecule has 3 aromatic heterocycles. The molecule has 0 saturated heterocycles. The molecule has 3 heterocycles. The smallest absolute Gasteiger partial charge is 0.318 e. The van der Waals surface area contributed by atoms with Crippen LogP contribution in [0, 0.1) is 6.92 Å². The molecule has 7 nitrogen and oxygen atoms in total. The highest BCUT2D eigenvalue weighted by atomic mass is 16.5. The Morgan fingerprint density at radius 2 is 2.08 bits per heavy atom. The number of hydrogen-bond acceptors (Lipinski definition) is 6. The second-order valence-electron chi connectivity index (χ2n) is 5.71. The first-order valence-corrected chi connectivity index (χ1v) is 7.62. The van der Waals surface area contributed by atoms with Gasteiger partial charge in [-0.1, -0.05) is 5.16 Å². The number of nitrogens with two attached hydrogens (primary N) is 1. The number of benzene rings is 1.